The molecule has 0 N–H and O–H groups in total. The number of carbonyl (C=O) groups is 2. The Morgan fingerprint density at radius 1 is 1.00 bits per heavy atom. The Labute approximate surface area is 130 Å². The van der Waals surface area contributed by atoms with E-state index in [0.29, 0.717) is 13.0 Å². The van der Waals surface area contributed by atoms with Crippen LogP contribution in [-0.4, -0.2) is 18.5 Å². The van der Waals surface area contributed by atoms with Crippen molar-refractivity contribution < 1.29 is 23.5 Å². The summed E-state index contributed by atoms with van der Waals surface area (Å²) < 4.78 is 23.2. The van der Waals surface area contributed by atoms with Crippen molar-refractivity contribution in [3.05, 3.63) is 30.1 Å². The summed E-state index contributed by atoms with van der Waals surface area (Å²) >= 11 is 0. The molecule has 0 saturated heterocycles. The van der Waals surface area contributed by atoms with Crippen molar-refractivity contribution in [2.24, 2.45) is 0 Å². The highest BCUT2D eigenvalue weighted by atomic mass is 19.1. The van der Waals surface area contributed by atoms with Gasteiger partial charge in [0.15, 0.2) is 11.6 Å². The minimum absolute atomic E-state index is 0.0548. The summed E-state index contributed by atoms with van der Waals surface area (Å²) in [6.07, 6.45) is 4.76. The Bertz CT molecular complexity index is 473. The lowest BCUT2D eigenvalue weighted by Gasteiger charge is -2.06. The lowest BCUT2D eigenvalue weighted by molar-refractivity contribution is -0.144. The number of para-hydroxylation sites is 1. The number of unbranched alkanes of at least 4 members (excludes halogenated alkanes) is 3. The Kier molecular flexibility index (Phi) is 8.88. The fraction of sp³-hybridized carbons (Fsp3) is 0.529. The standard InChI is InChI=1S/C17H23FO4/c1-2-3-4-7-13-21-16(19)11-8-12-17(20)22-15-10-6-5-9-14(15)18/h5-6,9-10H,2-4,7-8,11-13H2,1H3. The van der Waals surface area contributed by atoms with E-state index < -0.39 is 11.8 Å². The van der Waals surface area contributed by atoms with Gasteiger partial charge < -0.3 is 9.47 Å². The van der Waals surface area contributed by atoms with Crippen LogP contribution < -0.4 is 4.74 Å². The van der Waals surface area contributed by atoms with Crippen LogP contribution in [0, 0.1) is 5.82 Å². The lowest BCUT2D eigenvalue weighted by Crippen LogP contribution is -2.11. The van der Waals surface area contributed by atoms with Gasteiger partial charge in [0.05, 0.1) is 6.61 Å². The SMILES string of the molecule is CCCCCCOC(=O)CCCC(=O)Oc1ccccc1F. The Morgan fingerprint density at radius 3 is 2.45 bits per heavy atom. The minimum Gasteiger partial charge on any atom is -0.466 e. The smallest absolute Gasteiger partial charge is 0.311 e. The molecule has 0 amide bonds. The first-order chi connectivity index (χ1) is 10.6. The predicted octanol–water partition coefficient (Wildman–Crippen LogP) is 4.02. The summed E-state index contributed by atoms with van der Waals surface area (Å²) in [5.74, 6) is -1.54. The molecule has 0 atom stereocenters. The predicted molar refractivity (Wildman–Crippen MR) is 81.0 cm³/mol. The van der Waals surface area contributed by atoms with Crippen LogP contribution in [0.2, 0.25) is 0 Å². The molecule has 0 spiro atoms. The van der Waals surface area contributed by atoms with E-state index in [2.05, 4.69) is 6.92 Å². The van der Waals surface area contributed by atoms with Crippen molar-refractivity contribution in [1.29, 1.82) is 0 Å². The molecule has 1 aromatic rings. The molecule has 22 heavy (non-hydrogen) atoms. The lowest BCUT2D eigenvalue weighted by atomic mass is 10.2. The van der Waals surface area contributed by atoms with Gasteiger partial charge >= 0.3 is 11.9 Å². The van der Waals surface area contributed by atoms with Gasteiger partial charge in [0, 0.05) is 12.8 Å². The maximum atomic E-state index is 13.3. The second-order valence-corrected chi connectivity index (χ2v) is 5.04. The topological polar surface area (TPSA) is 52.6 Å². The van der Waals surface area contributed by atoms with E-state index in [0.717, 1.165) is 25.7 Å². The first-order valence-electron chi connectivity index (χ1n) is 7.74. The van der Waals surface area contributed by atoms with Crippen LogP contribution in [0.1, 0.15) is 51.9 Å². The molecule has 0 aromatic heterocycles. The zero-order valence-corrected chi connectivity index (χ0v) is 13.0. The molecule has 1 aromatic carbocycles. The number of ether oxygens (including phenoxy) is 2. The van der Waals surface area contributed by atoms with Gasteiger partial charge in [0.25, 0.3) is 0 Å². The molecule has 4 nitrogen and oxygen atoms in total. The van der Waals surface area contributed by atoms with Crippen molar-refractivity contribution in [2.75, 3.05) is 6.61 Å². The molecule has 1 rings (SSSR count). The van der Waals surface area contributed by atoms with Crippen LogP contribution in [-0.2, 0) is 14.3 Å². The van der Waals surface area contributed by atoms with Gasteiger partial charge in [-0.3, -0.25) is 9.59 Å². The molecular formula is C17H23FO4. The third kappa shape index (κ3) is 7.76. The van der Waals surface area contributed by atoms with Gasteiger partial charge in [-0.05, 0) is 25.0 Å². The van der Waals surface area contributed by atoms with Crippen LogP contribution in [0.15, 0.2) is 24.3 Å². The van der Waals surface area contributed by atoms with Gasteiger partial charge in [-0.2, -0.15) is 0 Å². The van der Waals surface area contributed by atoms with E-state index in [1.807, 2.05) is 0 Å². The Hall–Kier alpha value is -1.91. The molecule has 0 unspecified atom stereocenters. The maximum Gasteiger partial charge on any atom is 0.311 e. The van der Waals surface area contributed by atoms with E-state index in [1.165, 1.54) is 18.2 Å². The molecule has 5 heteroatoms. The van der Waals surface area contributed by atoms with Crippen LogP contribution in [0.25, 0.3) is 0 Å². The number of hydrogen-bond acceptors (Lipinski definition) is 4. The van der Waals surface area contributed by atoms with Crippen LogP contribution >= 0.6 is 0 Å². The summed E-state index contributed by atoms with van der Waals surface area (Å²) in [7, 11) is 0. The van der Waals surface area contributed by atoms with Gasteiger partial charge in [0.2, 0.25) is 0 Å². The monoisotopic (exact) mass is 310 g/mol. The molecule has 0 heterocycles. The zero-order chi connectivity index (χ0) is 16.2. The molecule has 0 fully saturated rings. The highest BCUT2D eigenvalue weighted by Gasteiger charge is 2.10. The molecule has 122 valence electrons. The number of carbonyl (C=O) groups excluding carboxylic acids is 2. The second-order valence-electron chi connectivity index (χ2n) is 5.04. The molecule has 0 aliphatic rings. The quantitative estimate of drug-likeness (QED) is 0.372. The average molecular weight is 310 g/mol. The average Bonchev–Trinajstić information content (AvgIpc) is 2.49. The Morgan fingerprint density at radius 2 is 1.73 bits per heavy atom. The second kappa shape index (κ2) is 10.8. The van der Waals surface area contributed by atoms with Crippen molar-refractivity contribution >= 4 is 11.9 Å². The molecular weight excluding hydrogens is 287 g/mol. The Balaban J connectivity index is 2.12. The molecule has 0 bridgehead atoms. The number of halogens is 1. The highest BCUT2D eigenvalue weighted by molar-refractivity contribution is 5.74. The van der Waals surface area contributed by atoms with Gasteiger partial charge in [-0.15, -0.1) is 0 Å². The van der Waals surface area contributed by atoms with Crippen molar-refractivity contribution in [3.8, 4) is 5.75 Å². The molecule has 0 radical (unpaired) electrons. The van der Waals surface area contributed by atoms with Gasteiger partial charge in [-0.1, -0.05) is 38.3 Å². The molecule has 0 aliphatic carbocycles. The maximum absolute atomic E-state index is 13.3. The van der Waals surface area contributed by atoms with Crippen molar-refractivity contribution in [2.45, 2.75) is 51.9 Å². The number of rotatable bonds is 10. The first-order valence-corrected chi connectivity index (χ1v) is 7.74. The number of esters is 2. The number of benzene rings is 1. The van der Waals surface area contributed by atoms with E-state index in [-0.39, 0.29) is 24.6 Å². The fourth-order valence-corrected chi connectivity index (χ4v) is 1.87. The number of hydrogen-bond donors (Lipinski definition) is 0. The summed E-state index contributed by atoms with van der Waals surface area (Å²) in [6.45, 7) is 2.55. The zero-order valence-electron chi connectivity index (χ0n) is 13.0. The van der Waals surface area contributed by atoms with E-state index in [9.17, 15) is 14.0 Å². The van der Waals surface area contributed by atoms with E-state index in [4.69, 9.17) is 9.47 Å². The van der Waals surface area contributed by atoms with Crippen LogP contribution in [0.4, 0.5) is 4.39 Å². The van der Waals surface area contributed by atoms with Crippen molar-refractivity contribution in [1.82, 2.24) is 0 Å². The third-order valence-corrected chi connectivity index (χ3v) is 3.08. The summed E-state index contributed by atoms with van der Waals surface area (Å²) in [4.78, 5) is 23.0. The minimum atomic E-state index is -0.581. The summed E-state index contributed by atoms with van der Waals surface area (Å²) in [5.41, 5.74) is 0. The summed E-state index contributed by atoms with van der Waals surface area (Å²) in [6, 6.07) is 5.71. The molecule has 0 saturated carbocycles. The normalized spacial score (nSPS) is 10.3. The van der Waals surface area contributed by atoms with Crippen molar-refractivity contribution in [3.63, 3.8) is 0 Å². The fourth-order valence-electron chi connectivity index (χ4n) is 1.87. The highest BCUT2D eigenvalue weighted by Crippen LogP contribution is 2.16. The summed E-state index contributed by atoms with van der Waals surface area (Å²) in [5, 5.41) is 0. The molecule has 0 aliphatic heterocycles. The van der Waals surface area contributed by atoms with Crippen LogP contribution in [0.3, 0.4) is 0 Å². The van der Waals surface area contributed by atoms with E-state index in [1.54, 1.807) is 6.07 Å². The van der Waals surface area contributed by atoms with Gasteiger partial charge in [-0.25, -0.2) is 4.39 Å². The van der Waals surface area contributed by atoms with E-state index >= 15 is 0 Å². The van der Waals surface area contributed by atoms with Gasteiger partial charge in [0.1, 0.15) is 0 Å². The first kappa shape index (κ1) is 18.1. The van der Waals surface area contributed by atoms with Crippen LogP contribution in [0.5, 0.6) is 5.75 Å². The largest absolute Gasteiger partial charge is 0.466 e. The third-order valence-electron chi connectivity index (χ3n) is 3.08.